The molecule has 1 saturated heterocycles. The maximum Gasteiger partial charge on any atom is 0.335 e. The van der Waals surface area contributed by atoms with Gasteiger partial charge in [-0.05, 0) is 61.4 Å². The van der Waals surface area contributed by atoms with Crippen molar-refractivity contribution in [3.63, 3.8) is 0 Å². The summed E-state index contributed by atoms with van der Waals surface area (Å²) >= 11 is 0. The van der Waals surface area contributed by atoms with Gasteiger partial charge in [-0.1, -0.05) is 12.1 Å². The van der Waals surface area contributed by atoms with Crippen molar-refractivity contribution in [2.45, 2.75) is 43.7 Å². The maximum atomic E-state index is 11.0. The lowest BCUT2D eigenvalue weighted by Crippen LogP contribution is -2.30. The molecule has 1 aliphatic carbocycles. The van der Waals surface area contributed by atoms with Crippen LogP contribution in [0.25, 0.3) is 0 Å². The van der Waals surface area contributed by atoms with Gasteiger partial charge in [-0.25, -0.2) is 4.79 Å². The number of benzene rings is 1. The first-order chi connectivity index (χ1) is 11.2. The van der Waals surface area contributed by atoms with Crippen LogP contribution in [0.5, 0.6) is 0 Å². The van der Waals surface area contributed by atoms with Gasteiger partial charge in [0.05, 0.1) is 17.8 Å². The summed E-state index contributed by atoms with van der Waals surface area (Å²) in [5.41, 5.74) is 2.84. The van der Waals surface area contributed by atoms with Gasteiger partial charge in [0.25, 0.3) is 0 Å². The van der Waals surface area contributed by atoms with Crippen molar-refractivity contribution in [2.24, 2.45) is 0 Å². The van der Waals surface area contributed by atoms with Gasteiger partial charge in [0.1, 0.15) is 0 Å². The summed E-state index contributed by atoms with van der Waals surface area (Å²) in [7, 11) is 0. The Morgan fingerprint density at radius 3 is 2.65 bits per heavy atom. The van der Waals surface area contributed by atoms with Gasteiger partial charge < -0.3 is 10.4 Å². The highest BCUT2D eigenvalue weighted by molar-refractivity contribution is 5.87. The van der Waals surface area contributed by atoms with Crippen LogP contribution >= 0.6 is 0 Å². The Balaban J connectivity index is 1.48. The van der Waals surface area contributed by atoms with E-state index >= 15 is 0 Å². The van der Waals surface area contributed by atoms with Crippen LogP contribution in [-0.4, -0.2) is 27.4 Å². The first-order valence-corrected chi connectivity index (χ1v) is 8.31. The molecule has 2 fully saturated rings. The molecule has 2 heterocycles. The number of nitrogens with one attached hydrogen (secondary N) is 1. The van der Waals surface area contributed by atoms with Crippen LogP contribution in [0.2, 0.25) is 0 Å². The highest BCUT2D eigenvalue weighted by atomic mass is 16.4. The van der Waals surface area contributed by atoms with E-state index in [0.717, 1.165) is 24.9 Å². The van der Waals surface area contributed by atoms with Crippen LogP contribution in [0.4, 0.5) is 0 Å². The largest absolute Gasteiger partial charge is 0.478 e. The number of aromatic nitrogens is 2. The average molecular weight is 311 g/mol. The summed E-state index contributed by atoms with van der Waals surface area (Å²) in [6.45, 7) is 0.977. The molecule has 23 heavy (non-hydrogen) atoms. The number of nitrogens with zero attached hydrogens (tertiary/aromatic N) is 2. The van der Waals surface area contributed by atoms with Crippen LogP contribution in [0, 0.1) is 0 Å². The van der Waals surface area contributed by atoms with E-state index in [2.05, 4.69) is 21.3 Å². The Hall–Kier alpha value is -2.14. The van der Waals surface area contributed by atoms with E-state index in [-0.39, 0.29) is 6.04 Å². The Bertz CT molecular complexity index is 703. The molecule has 2 N–H and O–H groups in total. The predicted octanol–water partition coefficient (Wildman–Crippen LogP) is 3.12. The van der Waals surface area contributed by atoms with E-state index < -0.39 is 5.97 Å². The molecule has 5 nitrogen and oxygen atoms in total. The number of piperidine rings is 1. The summed E-state index contributed by atoms with van der Waals surface area (Å²) in [4.78, 5) is 11.0. The molecule has 1 saturated carbocycles. The molecule has 2 aromatic rings. The second kappa shape index (κ2) is 5.81. The van der Waals surface area contributed by atoms with Crippen LogP contribution in [-0.2, 0) is 0 Å². The molecule has 1 aromatic carbocycles. The third kappa shape index (κ3) is 3.01. The Kier molecular flexibility index (Phi) is 3.65. The smallest absolute Gasteiger partial charge is 0.335 e. The van der Waals surface area contributed by atoms with E-state index in [4.69, 9.17) is 5.11 Å². The van der Waals surface area contributed by atoms with E-state index in [9.17, 15) is 4.79 Å². The fourth-order valence-electron chi connectivity index (χ4n) is 3.43. The van der Waals surface area contributed by atoms with Gasteiger partial charge in [0.15, 0.2) is 0 Å². The van der Waals surface area contributed by atoms with Crippen molar-refractivity contribution >= 4 is 5.97 Å². The van der Waals surface area contributed by atoms with Crippen LogP contribution in [0.3, 0.4) is 0 Å². The number of carboxylic acids is 1. The average Bonchev–Trinajstić information content (AvgIpc) is 3.32. The molecule has 2 atom stereocenters. The zero-order chi connectivity index (χ0) is 15.8. The zero-order valence-electron chi connectivity index (χ0n) is 13.0. The Morgan fingerprint density at radius 2 is 1.96 bits per heavy atom. The molecular formula is C18H21N3O2. The minimum absolute atomic E-state index is 0.279. The van der Waals surface area contributed by atoms with Crippen molar-refractivity contribution in [1.29, 1.82) is 0 Å². The van der Waals surface area contributed by atoms with Crippen molar-refractivity contribution < 1.29 is 9.90 Å². The van der Waals surface area contributed by atoms with Crippen LogP contribution < -0.4 is 5.32 Å². The lowest BCUT2D eigenvalue weighted by atomic mass is 9.85. The topological polar surface area (TPSA) is 67.1 Å². The predicted molar refractivity (Wildman–Crippen MR) is 86.6 cm³/mol. The number of aromatic carboxylic acids is 1. The number of hydrogen-bond acceptors (Lipinski definition) is 3. The quantitative estimate of drug-likeness (QED) is 0.910. The van der Waals surface area contributed by atoms with Crippen LogP contribution in [0.1, 0.15) is 65.2 Å². The van der Waals surface area contributed by atoms with Gasteiger partial charge in [0, 0.05) is 12.2 Å². The molecule has 0 amide bonds. The second-order valence-corrected chi connectivity index (χ2v) is 6.64. The molecule has 0 spiro atoms. The number of carboxylic acid groups (broad SMARTS) is 1. The summed E-state index contributed by atoms with van der Waals surface area (Å²) < 4.78 is 2.12. The molecular weight excluding hydrogens is 290 g/mol. The Labute approximate surface area is 135 Å². The van der Waals surface area contributed by atoms with Gasteiger partial charge in [-0.15, -0.1) is 0 Å². The second-order valence-electron chi connectivity index (χ2n) is 6.64. The van der Waals surface area contributed by atoms with Crippen molar-refractivity contribution in [3.05, 3.63) is 53.3 Å². The summed E-state index contributed by atoms with van der Waals surface area (Å²) in [6, 6.07) is 8.14. The highest BCUT2D eigenvalue weighted by Crippen LogP contribution is 2.37. The van der Waals surface area contributed by atoms with Gasteiger partial charge in [-0.3, -0.25) is 4.68 Å². The molecule has 0 radical (unpaired) electrons. The number of hydrogen-bond donors (Lipinski definition) is 2. The van der Waals surface area contributed by atoms with Crippen molar-refractivity contribution in [2.75, 3.05) is 6.54 Å². The standard InChI is InChI=1S/C18H21N3O2/c22-18(23)13-3-1-12(2-4-13)17-9-14(7-8-19-17)15-10-20-21(11-15)16-5-6-16/h1-4,10-11,14,16-17,19H,5-9H2,(H,22,23)/t14?,17-/m0/s1. The van der Waals surface area contributed by atoms with Gasteiger partial charge >= 0.3 is 5.97 Å². The van der Waals surface area contributed by atoms with E-state index in [1.807, 2.05) is 18.3 Å². The highest BCUT2D eigenvalue weighted by Gasteiger charge is 2.28. The first kappa shape index (κ1) is 14.5. The molecule has 2 aliphatic rings. The van der Waals surface area contributed by atoms with Crippen molar-refractivity contribution in [1.82, 2.24) is 15.1 Å². The third-order valence-electron chi connectivity index (χ3n) is 4.98. The maximum absolute atomic E-state index is 11.0. The summed E-state index contributed by atoms with van der Waals surface area (Å²) in [5, 5.41) is 17.1. The molecule has 0 bridgehead atoms. The Morgan fingerprint density at radius 1 is 1.17 bits per heavy atom. The third-order valence-corrected chi connectivity index (χ3v) is 4.98. The van der Waals surface area contributed by atoms with Gasteiger partial charge in [-0.2, -0.15) is 5.10 Å². The van der Waals surface area contributed by atoms with E-state index in [0.29, 0.717) is 17.5 Å². The molecule has 120 valence electrons. The first-order valence-electron chi connectivity index (χ1n) is 8.31. The number of rotatable bonds is 4. The normalized spacial score (nSPS) is 24.5. The fourth-order valence-corrected chi connectivity index (χ4v) is 3.43. The van der Waals surface area contributed by atoms with E-state index in [1.165, 1.54) is 18.4 Å². The van der Waals surface area contributed by atoms with E-state index in [1.54, 1.807) is 12.1 Å². The van der Waals surface area contributed by atoms with Crippen LogP contribution in [0.15, 0.2) is 36.7 Å². The molecule has 1 unspecified atom stereocenters. The summed E-state index contributed by atoms with van der Waals surface area (Å²) in [5.74, 6) is -0.355. The minimum Gasteiger partial charge on any atom is -0.478 e. The molecule has 4 rings (SSSR count). The monoisotopic (exact) mass is 311 g/mol. The van der Waals surface area contributed by atoms with Gasteiger partial charge in [0.2, 0.25) is 0 Å². The zero-order valence-corrected chi connectivity index (χ0v) is 13.0. The summed E-state index contributed by atoms with van der Waals surface area (Å²) in [6.07, 6.45) is 8.91. The lowest BCUT2D eigenvalue weighted by molar-refractivity contribution is 0.0697. The molecule has 1 aromatic heterocycles. The SMILES string of the molecule is O=C(O)c1ccc([C@@H]2CC(c3cnn(C4CC4)c3)CCN2)cc1. The minimum atomic E-state index is -0.876. The molecule has 5 heteroatoms. The lowest BCUT2D eigenvalue weighted by Gasteiger charge is -2.30. The molecule has 1 aliphatic heterocycles. The number of carbonyl (C=O) groups is 1. The van der Waals surface area contributed by atoms with Crippen molar-refractivity contribution in [3.8, 4) is 0 Å². The fraction of sp³-hybridized carbons (Fsp3) is 0.444.